The molecule has 3 nitrogen and oxygen atoms in total. The summed E-state index contributed by atoms with van der Waals surface area (Å²) >= 11 is 0. The molecule has 0 radical (unpaired) electrons. The summed E-state index contributed by atoms with van der Waals surface area (Å²) in [5, 5.41) is 3.39. The van der Waals surface area contributed by atoms with Crippen molar-refractivity contribution in [3.63, 3.8) is 0 Å². The van der Waals surface area contributed by atoms with E-state index in [1.807, 2.05) is 6.20 Å². The predicted octanol–water partition coefficient (Wildman–Crippen LogP) is 3.12. The molecule has 0 aromatic carbocycles. The zero-order valence-corrected chi connectivity index (χ0v) is 11.3. The van der Waals surface area contributed by atoms with E-state index < -0.39 is 0 Å². The van der Waals surface area contributed by atoms with Crippen LogP contribution in [-0.2, 0) is 6.42 Å². The Morgan fingerprint density at radius 3 is 2.78 bits per heavy atom. The Kier molecular flexibility index (Phi) is 3.69. The molecule has 0 aliphatic heterocycles. The minimum Gasteiger partial charge on any atom is -0.445 e. The van der Waals surface area contributed by atoms with Crippen LogP contribution in [-0.4, -0.2) is 18.1 Å². The van der Waals surface area contributed by atoms with Gasteiger partial charge in [-0.05, 0) is 37.6 Å². The molecule has 0 saturated heterocycles. The van der Waals surface area contributed by atoms with Crippen LogP contribution in [0.15, 0.2) is 10.6 Å². The number of aromatic nitrogens is 1. The molecule has 2 unspecified atom stereocenters. The van der Waals surface area contributed by atoms with E-state index in [0.29, 0.717) is 5.92 Å². The molecule has 0 spiro atoms. The summed E-state index contributed by atoms with van der Waals surface area (Å²) in [4.78, 5) is 4.43. The molecule has 2 fully saturated rings. The van der Waals surface area contributed by atoms with Gasteiger partial charge in [0.2, 0.25) is 0 Å². The Morgan fingerprint density at radius 1 is 1.28 bits per heavy atom. The second-order valence-electron chi connectivity index (χ2n) is 5.79. The first kappa shape index (κ1) is 12.2. The van der Waals surface area contributed by atoms with E-state index in [4.69, 9.17) is 4.42 Å². The highest BCUT2D eigenvalue weighted by molar-refractivity contribution is 5.18. The Bertz CT molecular complexity index is 376. The van der Waals surface area contributed by atoms with Gasteiger partial charge in [0, 0.05) is 18.9 Å². The van der Waals surface area contributed by atoms with Crippen LogP contribution in [0.25, 0.3) is 0 Å². The van der Waals surface area contributed by atoms with E-state index in [-0.39, 0.29) is 0 Å². The number of hydrogen-bond donors (Lipinski definition) is 1. The Morgan fingerprint density at radius 2 is 2.06 bits per heavy atom. The zero-order chi connectivity index (χ0) is 12.4. The quantitative estimate of drug-likeness (QED) is 0.786. The number of nitrogens with zero attached hydrogens (tertiary/aromatic N) is 1. The molecule has 2 atom stereocenters. The van der Waals surface area contributed by atoms with Gasteiger partial charge < -0.3 is 9.73 Å². The average molecular weight is 248 g/mol. The van der Waals surface area contributed by atoms with Gasteiger partial charge in [-0.25, -0.2) is 4.98 Å². The summed E-state index contributed by atoms with van der Waals surface area (Å²) in [6.07, 6.45) is 9.73. The van der Waals surface area contributed by atoms with E-state index >= 15 is 0 Å². The van der Waals surface area contributed by atoms with Crippen LogP contribution in [0.2, 0.25) is 0 Å². The van der Waals surface area contributed by atoms with Gasteiger partial charge in [0.15, 0.2) is 5.89 Å². The highest BCUT2D eigenvalue weighted by Gasteiger charge is 2.53. The Labute approximate surface area is 109 Å². The van der Waals surface area contributed by atoms with Crippen molar-refractivity contribution in [2.24, 2.45) is 11.8 Å². The first-order valence-corrected chi connectivity index (χ1v) is 7.55. The maximum absolute atomic E-state index is 5.93. The third-order valence-electron chi connectivity index (χ3n) is 4.50. The lowest BCUT2D eigenvalue weighted by Crippen LogP contribution is -2.17. The largest absolute Gasteiger partial charge is 0.445 e. The fourth-order valence-corrected chi connectivity index (χ4v) is 3.51. The zero-order valence-electron chi connectivity index (χ0n) is 11.3. The van der Waals surface area contributed by atoms with Crippen LogP contribution in [0.3, 0.4) is 0 Å². The second kappa shape index (κ2) is 5.43. The van der Waals surface area contributed by atoms with Crippen molar-refractivity contribution in [3.05, 3.63) is 17.8 Å². The molecule has 2 aliphatic carbocycles. The fourth-order valence-electron chi connectivity index (χ4n) is 3.51. The summed E-state index contributed by atoms with van der Waals surface area (Å²) in [5.74, 6) is 4.61. The standard InChI is InChI=1S/C15H24N2O/c1-2-8-16-9-7-14-17-10-13(18-14)15-11-5-3-4-6-12(11)15/h10-12,15-16H,2-9H2,1H3. The van der Waals surface area contributed by atoms with Crippen LogP contribution in [0.4, 0.5) is 0 Å². The fraction of sp³-hybridized carbons (Fsp3) is 0.800. The third-order valence-corrected chi connectivity index (χ3v) is 4.50. The molecule has 0 bridgehead atoms. The summed E-state index contributed by atoms with van der Waals surface area (Å²) in [7, 11) is 0. The van der Waals surface area contributed by atoms with E-state index in [2.05, 4.69) is 17.2 Å². The van der Waals surface area contributed by atoms with Crippen LogP contribution in [0, 0.1) is 11.8 Å². The van der Waals surface area contributed by atoms with Gasteiger partial charge >= 0.3 is 0 Å². The number of hydrogen-bond acceptors (Lipinski definition) is 3. The van der Waals surface area contributed by atoms with Crippen molar-refractivity contribution >= 4 is 0 Å². The first-order valence-electron chi connectivity index (χ1n) is 7.55. The third kappa shape index (κ3) is 2.46. The van der Waals surface area contributed by atoms with Crippen molar-refractivity contribution in [1.82, 2.24) is 10.3 Å². The smallest absolute Gasteiger partial charge is 0.195 e. The average Bonchev–Trinajstić information content (AvgIpc) is 2.96. The van der Waals surface area contributed by atoms with Crippen molar-refractivity contribution in [2.75, 3.05) is 13.1 Å². The molecular weight excluding hydrogens is 224 g/mol. The van der Waals surface area contributed by atoms with Gasteiger partial charge in [0.25, 0.3) is 0 Å². The number of rotatable bonds is 6. The molecule has 3 rings (SSSR count). The monoisotopic (exact) mass is 248 g/mol. The van der Waals surface area contributed by atoms with Crippen molar-refractivity contribution < 1.29 is 4.42 Å². The molecule has 1 N–H and O–H groups in total. The van der Waals surface area contributed by atoms with Crippen LogP contribution < -0.4 is 5.32 Å². The van der Waals surface area contributed by atoms with Crippen LogP contribution in [0.5, 0.6) is 0 Å². The SMILES string of the molecule is CCCNCCc1ncc(C2C3CCCCC32)o1. The van der Waals surface area contributed by atoms with E-state index in [1.165, 1.54) is 32.1 Å². The maximum atomic E-state index is 5.93. The highest BCUT2D eigenvalue weighted by Crippen LogP contribution is 2.61. The van der Waals surface area contributed by atoms with Crippen LogP contribution in [0.1, 0.15) is 56.6 Å². The van der Waals surface area contributed by atoms with Gasteiger partial charge in [-0.1, -0.05) is 19.8 Å². The normalized spacial score (nSPS) is 30.2. The lowest BCUT2D eigenvalue weighted by molar-refractivity contribution is 0.442. The van der Waals surface area contributed by atoms with Gasteiger partial charge in [0.1, 0.15) is 5.76 Å². The highest BCUT2D eigenvalue weighted by atomic mass is 16.4. The predicted molar refractivity (Wildman–Crippen MR) is 71.6 cm³/mol. The van der Waals surface area contributed by atoms with Gasteiger partial charge in [-0.2, -0.15) is 0 Å². The summed E-state index contributed by atoms with van der Waals surface area (Å²) in [6.45, 7) is 4.25. The second-order valence-corrected chi connectivity index (χ2v) is 5.79. The van der Waals surface area contributed by atoms with Crippen LogP contribution >= 0.6 is 0 Å². The van der Waals surface area contributed by atoms with E-state index in [1.54, 1.807) is 0 Å². The minimum absolute atomic E-state index is 0.706. The van der Waals surface area contributed by atoms with Gasteiger partial charge in [0.05, 0.1) is 6.20 Å². The van der Waals surface area contributed by atoms with Crippen molar-refractivity contribution in [1.29, 1.82) is 0 Å². The lowest BCUT2D eigenvalue weighted by atomic mass is 10.0. The molecule has 1 aromatic rings. The Hall–Kier alpha value is -0.830. The van der Waals surface area contributed by atoms with E-state index in [0.717, 1.165) is 43.0 Å². The molecule has 2 saturated carbocycles. The molecule has 1 heterocycles. The molecule has 3 heteroatoms. The summed E-state index contributed by atoms with van der Waals surface area (Å²) in [6, 6.07) is 0. The van der Waals surface area contributed by atoms with Gasteiger partial charge in [-0.3, -0.25) is 0 Å². The van der Waals surface area contributed by atoms with Gasteiger partial charge in [-0.15, -0.1) is 0 Å². The Balaban J connectivity index is 1.51. The van der Waals surface area contributed by atoms with Crippen molar-refractivity contribution in [3.8, 4) is 0 Å². The molecule has 18 heavy (non-hydrogen) atoms. The van der Waals surface area contributed by atoms with Crippen molar-refractivity contribution in [2.45, 2.75) is 51.4 Å². The number of fused-ring (bicyclic) bond motifs is 1. The molecule has 100 valence electrons. The topological polar surface area (TPSA) is 38.1 Å². The minimum atomic E-state index is 0.706. The molecule has 1 aromatic heterocycles. The molecule has 0 amide bonds. The van der Waals surface area contributed by atoms with E-state index in [9.17, 15) is 0 Å². The molecular formula is C15H24N2O. The lowest BCUT2D eigenvalue weighted by Gasteiger charge is -2.04. The first-order chi connectivity index (χ1) is 8.90. The molecule has 2 aliphatic rings. The summed E-state index contributed by atoms with van der Waals surface area (Å²) in [5.41, 5.74) is 0. The number of nitrogens with one attached hydrogen (secondary N) is 1. The maximum Gasteiger partial charge on any atom is 0.195 e. The summed E-state index contributed by atoms with van der Waals surface area (Å²) < 4.78 is 5.93. The number of oxazole rings is 1.